The van der Waals surface area contributed by atoms with Gasteiger partial charge in [-0.1, -0.05) is 48.0 Å². The Morgan fingerprint density at radius 2 is 1.78 bits per heavy atom. The molecule has 6 heteroatoms. The maximum absolute atomic E-state index is 12.8. The van der Waals surface area contributed by atoms with Crippen LogP contribution in [-0.4, -0.2) is 40.1 Å². The van der Waals surface area contributed by atoms with Crippen LogP contribution < -0.4 is 5.32 Å². The first kappa shape index (κ1) is 22.6. The van der Waals surface area contributed by atoms with E-state index in [0.29, 0.717) is 11.4 Å². The second kappa shape index (κ2) is 9.94. The van der Waals surface area contributed by atoms with E-state index in [1.165, 1.54) is 28.0 Å². The molecule has 0 bridgehead atoms. The van der Waals surface area contributed by atoms with Crippen molar-refractivity contribution in [3.05, 3.63) is 75.3 Å². The smallest absolute Gasteiger partial charge is 0.263 e. The highest BCUT2D eigenvalue weighted by Crippen LogP contribution is 2.30. The number of hydrogen-bond acceptors (Lipinski definition) is 5. The number of amides is 1. The molecule has 168 valence electrons. The lowest BCUT2D eigenvalue weighted by Crippen LogP contribution is -2.35. The maximum atomic E-state index is 12.8. The Hall–Kier alpha value is -2.54. The number of aryl methyl sites for hydroxylation is 3. The summed E-state index contributed by atoms with van der Waals surface area (Å²) >= 11 is 1.45. The molecule has 4 rings (SSSR count). The molecule has 1 aliphatic heterocycles. The number of aliphatic hydroxyl groups is 1. The van der Waals surface area contributed by atoms with E-state index in [4.69, 9.17) is 0 Å². The van der Waals surface area contributed by atoms with Crippen molar-refractivity contribution < 1.29 is 9.90 Å². The molecule has 2 N–H and O–H groups in total. The predicted molar refractivity (Wildman–Crippen MR) is 130 cm³/mol. The van der Waals surface area contributed by atoms with Gasteiger partial charge in [-0.25, -0.2) is 4.98 Å². The first-order valence-corrected chi connectivity index (χ1v) is 12.0. The van der Waals surface area contributed by atoms with Gasteiger partial charge in [0.2, 0.25) is 0 Å². The number of carbonyl (C=O) groups is 1. The number of benzene rings is 2. The van der Waals surface area contributed by atoms with E-state index < -0.39 is 0 Å². The van der Waals surface area contributed by atoms with Gasteiger partial charge in [0.1, 0.15) is 9.88 Å². The molecule has 0 atom stereocenters. The fraction of sp³-hybridized carbons (Fsp3) is 0.385. The zero-order valence-corrected chi connectivity index (χ0v) is 19.8. The van der Waals surface area contributed by atoms with Crippen LogP contribution in [0.1, 0.15) is 50.5 Å². The number of likely N-dealkylation sites (tertiary alicyclic amines) is 1. The second-order valence-corrected chi connectivity index (χ2v) is 9.76. The van der Waals surface area contributed by atoms with Gasteiger partial charge >= 0.3 is 0 Å². The van der Waals surface area contributed by atoms with Crippen LogP contribution in [0.4, 0.5) is 0 Å². The van der Waals surface area contributed by atoms with Gasteiger partial charge in [0.15, 0.2) is 0 Å². The summed E-state index contributed by atoms with van der Waals surface area (Å²) in [6.45, 7) is 9.33. The number of hydrogen-bond donors (Lipinski definition) is 2. The van der Waals surface area contributed by atoms with Crippen LogP contribution in [0.15, 0.2) is 42.5 Å². The molecular formula is C26H31N3O2S. The SMILES string of the molecule is Cc1ccc(-c2nc(C)c(C(=O)NCc3ccc(CN4CCC(O)CC4)cc3)s2)c(C)c1. The summed E-state index contributed by atoms with van der Waals surface area (Å²) < 4.78 is 0. The summed E-state index contributed by atoms with van der Waals surface area (Å²) in [6, 6.07) is 14.7. The Labute approximate surface area is 194 Å². The Morgan fingerprint density at radius 3 is 2.47 bits per heavy atom. The van der Waals surface area contributed by atoms with E-state index >= 15 is 0 Å². The zero-order valence-electron chi connectivity index (χ0n) is 19.0. The first-order valence-electron chi connectivity index (χ1n) is 11.2. The van der Waals surface area contributed by atoms with Crippen LogP contribution in [-0.2, 0) is 13.1 Å². The summed E-state index contributed by atoms with van der Waals surface area (Å²) in [5.41, 5.74) is 6.58. The molecule has 0 spiro atoms. The number of aliphatic hydroxyl groups excluding tert-OH is 1. The van der Waals surface area contributed by atoms with Gasteiger partial charge in [-0.3, -0.25) is 9.69 Å². The monoisotopic (exact) mass is 449 g/mol. The van der Waals surface area contributed by atoms with E-state index in [0.717, 1.165) is 54.3 Å². The van der Waals surface area contributed by atoms with E-state index in [1.54, 1.807) is 0 Å². The van der Waals surface area contributed by atoms with E-state index in [9.17, 15) is 9.90 Å². The molecule has 0 aliphatic carbocycles. The summed E-state index contributed by atoms with van der Waals surface area (Å²) in [5.74, 6) is -0.0769. The molecule has 3 aromatic rings. The molecule has 0 unspecified atom stereocenters. The largest absolute Gasteiger partial charge is 0.393 e. The fourth-order valence-corrected chi connectivity index (χ4v) is 5.21. The number of aromatic nitrogens is 1. The molecule has 1 amide bonds. The maximum Gasteiger partial charge on any atom is 0.263 e. The van der Waals surface area contributed by atoms with Gasteiger partial charge in [-0.05, 0) is 50.3 Å². The van der Waals surface area contributed by atoms with Crippen molar-refractivity contribution in [2.45, 2.75) is 52.8 Å². The number of thiazole rings is 1. The van der Waals surface area contributed by atoms with Gasteiger partial charge in [0.25, 0.3) is 5.91 Å². The Morgan fingerprint density at radius 1 is 1.09 bits per heavy atom. The zero-order chi connectivity index (χ0) is 22.7. The van der Waals surface area contributed by atoms with Gasteiger partial charge in [-0.2, -0.15) is 0 Å². The molecule has 0 radical (unpaired) electrons. The molecule has 2 aromatic carbocycles. The number of nitrogens with zero attached hydrogens (tertiary/aromatic N) is 2. The van der Waals surface area contributed by atoms with Crippen molar-refractivity contribution in [3.63, 3.8) is 0 Å². The normalized spacial score (nSPS) is 15.1. The molecule has 1 saturated heterocycles. The molecule has 32 heavy (non-hydrogen) atoms. The predicted octanol–water partition coefficient (Wildman–Crippen LogP) is 4.62. The van der Waals surface area contributed by atoms with Crippen LogP contribution in [0, 0.1) is 20.8 Å². The average molecular weight is 450 g/mol. The summed E-state index contributed by atoms with van der Waals surface area (Å²) in [6.07, 6.45) is 1.56. The average Bonchev–Trinajstić information content (AvgIpc) is 3.16. The molecule has 0 saturated carbocycles. The summed E-state index contributed by atoms with van der Waals surface area (Å²) in [4.78, 5) is 20.5. The highest BCUT2D eigenvalue weighted by atomic mass is 32.1. The van der Waals surface area contributed by atoms with Crippen LogP contribution >= 0.6 is 11.3 Å². The van der Waals surface area contributed by atoms with E-state index in [-0.39, 0.29) is 12.0 Å². The summed E-state index contributed by atoms with van der Waals surface area (Å²) in [5, 5.41) is 13.6. The number of rotatable bonds is 6. The molecule has 1 aliphatic rings. The lowest BCUT2D eigenvalue weighted by Gasteiger charge is -2.29. The standard InChI is InChI=1S/C26H31N3O2S/c1-17-4-9-23(18(2)14-17)26-28-19(3)24(32-26)25(31)27-15-20-5-7-21(8-6-20)16-29-12-10-22(30)11-13-29/h4-9,14,22,30H,10-13,15-16H2,1-3H3,(H,27,31). The molecule has 1 aromatic heterocycles. The molecule has 2 heterocycles. The van der Waals surface area contributed by atoms with Gasteiger partial charge < -0.3 is 10.4 Å². The number of nitrogens with one attached hydrogen (secondary N) is 1. The van der Waals surface area contributed by atoms with Crippen molar-refractivity contribution in [2.24, 2.45) is 0 Å². The number of carbonyl (C=O) groups excluding carboxylic acids is 1. The van der Waals surface area contributed by atoms with Crippen molar-refractivity contribution in [2.75, 3.05) is 13.1 Å². The van der Waals surface area contributed by atoms with Gasteiger partial charge in [0.05, 0.1) is 11.8 Å². The van der Waals surface area contributed by atoms with Crippen molar-refractivity contribution in [1.29, 1.82) is 0 Å². The van der Waals surface area contributed by atoms with Crippen LogP contribution in [0.3, 0.4) is 0 Å². The van der Waals surface area contributed by atoms with E-state index in [2.05, 4.69) is 71.5 Å². The number of piperidine rings is 1. The lowest BCUT2D eigenvalue weighted by molar-refractivity contribution is 0.0792. The Bertz CT molecular complexity index is 1080. The fourth-order valence-electron chi connectivity index (χ4n) is 4.14. The quantitative estimate of drug-likeness (QED) is 0.576. The Kier molecular flexibility index (Phi) is 7.04. The minimum absolute atomic E-state index is 0.0769. The highest BCUT2D eigenvalue weighted by Gasteiger charge is 2.18. The van der Waals surface area contributed by atoms with E-state index in [1.807, 2.05) is 6.92 Å². The first-order chi connectivity index (χ1) is 15.4. The topological polar surface area (TPSA) is 65.5 Å². The van der Waals surface area contributed by atoms with Crippen LogP contribution in [0.5, 0.6) is 0 Å². The second-order valence-electron chi connectivity index (χ2n) is 8.76. The summed E-state index contributed by atoms with van der Waals surface area (Å²) in [7, 11) is 0. The molecule has 1 fully saturated rings. The van der Waals surface area contributed by atoms with Crippen molar-refractivity contribution in [1.82, 2.24) is 15.2 Å². The van der Waals surface area contributed by atoms with Crippen LogP contribution in [0.2, 0.25) is 0 Å². The third-order valence-corrected chi connectivity index (χ3v) is 7.24. The van der Waals surface area contributed by atoms with Gasteiger partial charge in [0, 0.05) is 31.7 Å². The highest BCUT2D eigenvalue weighted by molar-refractivity contribution is 7.17. The van der Waals surface area contributed by atoms with Crippen molar-refractivity contribution >= 4 is 17.2 Å². The minimum Gasteiger partial charge on any atom is -0.393 e. The van der Waals surface area contributed by atoms with Crippen LogP contribution in [0.25, 0.3) is 10.6 Å². The lowest BCUT2D eigenvalue weighted by atomic mass is 10.1. The third-order valence-electron chi connectivity index (χ3n) is 6.05. The Balaban J connectivity index is 1.35. The minimum atomic E-state index is -0.142. The van der Waals surface area contributed by atoms with Gasteiger partial charge in [-0.15, -0.1) is 11.3 Å². The third kappa shape index (κ3) is 5.44. The molecular weight excluding hydrogens is 418 g/mol. The van der Waals surface area contributed by atoms with Crippen molar-refractivity contribution in [3.8, 4) is 10.6 Å². The molecule has 5 nitrogen and oxygen atoms in total.